The summed E-state index contributed by atoms with van der Waals surface area (Å²) in [6.45, 7) is 4.69. The van der Waals surface area contributed by atoms with Crippen LogP contribution in [0.15, 0.2) is 30.3 Å². The predicted molar refractivity (Wildman–Crippen MR) is 60.3 cm³/mol. The molecule has 2 rings (SSSR count). The third-order valence-electron chi connectivity index (χ3n) is 2.88. The molecule has 80 valence electrons. The molecule has 1 aliphatic rings. The first-order chi connectivity index (χ1) is 7.13. The molecule has 2 atom stereocenters. The third kappa shape index (κ3) is 1.95. The van der Waals surface area contributed by atoms with Gasteiger partial charge < -0.3 is 0 Å². The Morgan fingerprint density at radius 3 is 2.60 bits per heavy atom. The van der Waals surface area contributed by atoms with Gasteiger partial charge in [-0.25, -0.2) is 0 Å². The van der Waals surface area contributed by atoms with Crippen LogP contribution in [0.2, 0.25) is 4.31 Å². The van der Waals surface area contributed by atoms with Crippen molar-refractivity contribution in [2.75, 3.05) is 6.61 Å². The second-order valence-electron chi connectivity index (χ2n) is 4.02. The number of esters is 1. The second-order valence-corrected chi connectivity index (χ2v) is 7.22. The Bertz CT molecular complexity index is 363. The van der Waals surface area contributed by atoms with Gasteiger partial charge in [-0.05, 0) is 0 Å². The van der Waals surface area contributed by atoms with Crippen LogP contribution < -0.4 is 4.46 Å². The molecule has 0 spiro atoms. The number of cyclic esters (lactones) is 1. The van der Waals surface area contributed by atoms with Crippen LogP contribution in [0.5, 0.6) is 0 Å². The molecule has 15 heavy (non-hydrogen) atoms. The summed E-state index contributed by atoms with van der Waals surface area (Å²) < 4.78 is 6.11. The zero-order valence-corrected chi connectivity index (χ0v) is 10.6. The first-order valence-corrected chi connectivity index (χ1v) is 6.75. The molecule has 0 unspecified atom stereocenters. The van der Waals surface area contributed by atoms with Crippen molar-refractivity contribution in [3.63, 3.8) is 0 Å². The summed E-state index contributed by atoms with van der Waals surface area (Å²) in [5, 5.41) is 0. The molecular formula is C12H14O2Se. The molecule has 0 radical (unpaired) electrons. The van der Waals surface area contributed by atoms with Crippen molar-refractivity contribution in [2.45, 2.75) is 18.2 Å². The minimum atomic E-state index is -0.283. The summed E-state index contributed by atoms with van der Waals surface area (Å²) in [6.07, 6.45) is 0. The normalized spacial score (nSPS) is 30.3. The Hall–Kier alpha value is -0.791. The average molecular weight is 269 g/mol. The number of ether oxygens (including phenoxy) is 1. The summed E-state index contributed by atoms with van der Waals surface area (Å²) in [5.74, 6) is 0.295. The van der Waals surface area contributed by atoms with E-state index in [-0.39, 0.29) is 25.2 Å². The maximum atomic E-state index is 11.7. The van der Waals surface area contributed by atoms with Gasteiger partial charge in [0.15, 0.2) is 0 Å². The van der Waals surface area contributed by atoms with Crippen LogP contribution in [-0.2, 0) is 9.53 Å². The molecule has 2 nitrogen and oxygen atoms in total. The van der Waals surface area contributed by atoms with Gasteiger partial charge in [0.2, 0.25) is 0 Å². The zero-order chi connectivity index (χ0) is 10.9. The Morgan fingerprint density at radius 1 is 1.40 bits per heavy atom. The molecule has 1 aromatic carbocycles. The van der Waals surface area contributed by atoms with E-state index in [0.29, 0.717) is 12.5 Å². The van der Waals surface area contributed by atoms with E-state index >= 15 is 0 Å². The van der Waals surface area contributed by atoms with Gasteiger partial charge >= 0.3 is 95.9 Å². The van der Waals surface area contributed by atoms with E-state index in [9.17, 15) is 4.79 Å². The fourth-order valence-corrected chi connectivity index (χ4v) is 4.09. The quantitative estimate of drug-likeness (QED) is 0.599. The van der Waals surface area contributed by atoms with E-state index in [2.05, 4.69) is 19.1 Å². The SMILES string of the molecule is C[C@@H]1COC(=O)[C@]1(C)[Se]c1ccccc1. The maximum absolute atomic E-state index is 11.7. The van der Waals surface area contributed by atoms with Crippen LogP contribution in [0.1, 0.15) is 13.8 Å². The van der Waals surface area contributed by atoms with E-state index < -0.39 is 0 Å². The summed E-state index contributed by atoms with van der Waals surface area (Å²) >= 11 is 0.154. The molecule has 0 aliphatic carbocycles. The average Bonchev–Trinajstić information content (AvgIpc) is 2.48. The molecule has 1 saturated heterocycles. The number of rotatable bonds is 2. The molecule has 0 amide bonds. The molecular weight excluding hydrogens is 255 g/mol. The van der Waals surface area contributed by atoms with Crippen LogP contribution in [-0.4, -0.2) is 27.5 Å². The summed E-state index contributed by atoms with van der Waals surface area (Å²) in [4.78, 5) is 11.7. The molecule has 0 saturated carbocycles. The molecule has 0 aromatic heterocycles. The van der Waals surface area contributed by atoms with Gasteiger partial charge in [0.1, 0.15) is 0 Å². The fraction of sp³-hybridized carbons (Fsp3) is 0.417. The van der Waals surface area contributed by atoms with Crippen molar-refractivity contribution in [1.29, 1.82) is 0 Å². The predicted octanol–water partition coefficient (Wildman–Crippen LogP) is 1.39. The molecule has 0 bridgehead atoms. The van der Waals surface area contributed by atoms with Gasteiger partial charge in [0.05, 0.1) is 0 Å². The van der Waals surface area contributed by atoms with Crippen LogP contribution >= 0.6 is 0 Å². The first kappa shape index (κ1) is 10.7. The van der Waals surface area contributed by atoms with E-state index in [1.165, 1.54) is 4.46 Å². The van der Waals surface area contributed by atoms with Crippen molar-refractivity contribution >= 4 is 25.4 Å². The number of carbonyl (C=O) groups is 1. The van der Waals surface area contributed by atoms with Gasteiger partial charge in [-0.3, -0.25) is 0 Å². The van der Waals surface area contributed by atoms with Gasteiger partial charge in [-0.15, -0.1) is 0 Å². The zero-order valence-electron chi connectivity index (χ0n) is 8.90. The van der Waals surface area contributed by atoms with Crippen molar-refractivity contribution in [1.82, 2.24) is 0 Å². The fourth-order valence-electron chi connectivity index (χ4n) is 1.58. The first-order valence-electron chi connectivity index (χ1n) is 5.04. The van der Waals surface area contributed by atoms with Gasteiger partial charge in [0, 0.05) is 0 Å². The summed E-state index contributed by atoms with van der Waals surface area (Å²) in [5.41, 5.74) is 0. The summed E-state index contributed by atoms with van der Waals surface area (Å²) in [7, 11) is 0. The number of hydrogen-bond donors (Lipinski definition) is 0. The van der Waals surface area contributed by atoms with Crippen LogP contribution in [0.25, 0.3) is 0 Å². The van der Waals surface area contributed by atoms with E-state index in [1.54, 1.807) is 0 Å². The molecule has 1 heterocycles. The molecule has 1 fully saturated rings. The van der Waals surface area contributed by atoms with Crippen molar-refractivity contribution in [3.8, 4) is 0 Å². The van der Waals surface area contributed by atoms with Crippen LogP contribution in [0.3, 0.4) is 0 Å². The van der Waals surface area contributed by atoms with Crippen molar-refractivity contribution in [3.05, 3.63) is 30.3 Å². The minimum absolute atomic E-state index is 0.0288. The molecule has 0 N–H and O–H groups in total. The van der Waals surface area contributed by atoms with E-state index in [1.807, 2.05) is 25.1 Å². The van der Waals surface area contributed by atoms with Crippen LogP contribution in [0, 0.1) is 5.92 Å². The van der Waals surface area contributed by atoms with Gasteiger partial charge in [0.25, 0.3) is 0 Å². The van der Waals surface area contributed by atoms with Crippen LogP contribution in [0.4, 0.5) is 0 Å². The van der Waals surface area contributed by atoms with E-state index in [4.69, 9.17) is 4.74 Å². The second kappa shape index (κ2) is 3.99. The Kier molecular flexibility index (Phi) is 2.85. The van der Waals surface area contributed by atoms with Gasteiger partial charge in [-0.2, -0.15) is 0 Å². The van der Waals surface area contributed by atoms with Crippen molar-refractivity contribution in [2.24, 2.45) is 5.92 Å². The monoisotopic (exact) mass is 270 g/mol. The molecule has 3 heteroatoms. The number of hydrogen-bond acceptors (Lipinski definition) is 2. The standard InChI is InChI=1S/C12H14O2Se/c1-9-8-14-11(13)12(9,2)15-10-6-4-3-5-7-10/h3-7,9H,8H2,1-2H3/t9-,12-/m1/s1. The third-order valence-corrected chi connectivity index (χ3v) is 6.03. The molecule has 1 aliphatic heterocycles. The Balaban J connectivity index is 2.21. The number of benzene rings is 1. The van der Waals surface area contributed by atoms with Gasteiger partial charge in [-0.1, -0.05) is 0 Å². The Labute approximate surface area is 96.2 Å². The Morgan fingerprint density at radius 2 is 2.07 bits per heavy atom. The van der Waals surface area contributed by atoms with Crippen molar-refractivity contribution < 1.29 is 9.53 Å². The van der Waals surface area contributed by atoms with E-state index in [0.717, 1.165) is 0 Å². The summed E-state index contributed by atoms with van der Waals surface area (Å²) in [6, 6.07) is 10.2. The number of carbonyl (C=O) groups excluding carboxylic acids is 1. The topological polar surface area (TPSA) is 26.3 Å². The molecule has 1 aromatic rings.